The number of nitrogens with zero attached hydrogens (tertiary/aromatic N) is 1. The molecule has 3 N–H and O–H groups in total. The molecule has 0 aromatic heterocycles. The van der Waals surface area contributed by atoms with E-state index < -0.39 is 0 Å². The van der Waals surface area contributed by atoms with E-state index in [1.807, 2.05) is 24.3 Å². The predicted octanol–water partition coefficient (Wildman–Crippen LogP) is 2.05. The number of amides is 1. The minimum atomic E-state index is 0. The molecule has 1 saturated heterocycles. The molecule has 1 aliphatic heterocycles. The van der Waals surface area contributed by atoms with Crippen LogP contribution in [0.25, 0.3) is 0 Å². The van der Waals surface area contributed by atoms with E-state index in [0.717, 1.165) is 37.5 Å². The number of hydrogen-bond donors (Lipinski definition) is 2. The van der Waals surface area contributed by atoms with Crippen molar-refractivity contribution in [1.29, 1.82) is 0 Å². The summed E-state index contributed by atoms with van der Waals surface area (Å²) in [6.07, 6.45) is 2.03. The Bertz CT molecular complexity index is 439. The average molecular weight is 332 g/mol. The zero-order valence-corrected chi connectivity index (χ0v) is 13.6. The number of carbonyl (C=O) groups is 1. The molecule has 0 aliphatic carbocycles. The molecule has 0 saturated carbocycles. The SMILES string of the molecule is Cl.NCCNC(=O)C1CCCN(Cc2ccc(Cl)cc2)C1. The van der Waals surface area contributed by atoms with E-state index in [4.69, 9.17) is 17.3 Å². The summed E-state index contributed by atoms with van der Waals surface area (Å²) in [4.78, 5) is 14.3. The zero-order chi connectivity index (χ0) is 14.4. The number of hydrogen-bond acceptors (Lipinski definition) is 3. The Hall–Kier alpha value is -0.810. The van der Waals surface area contributed by atoms with Crippen molar-refractivity contribution in [1.82, 2.24) is 10.2 Å². The molecule has 1 unspecified atom stereocenters. The van der Waals surface area contributed by atoms with Crippen LogP contribution in [0.15, 0.2) is 24.3 Å². The van der Waals surface area contributed by atoms with Crippen molar-refractivity contribution in [3.05, 3.63) is 34.9 Å². The lowest BCUT2D eigenvalue weighted by Gasteiger charge is -2.32. The smallest absolute Gasteiger partial charge is 0.224 e. The minimum Gasteiger partial charge on any atom is -0.355 e. The molecule has 0 radical (unpaired) electrons. The summed E-state index contributed by atoms with van der Waals surface area (Å²) in [5, 5.41) is 3.64. The Kier molecular flexibility index (Phi) is 8.04. The first-order valence-corrected chi connectivity index (χ1v) is 7.51. The van der Waals surface area contributed by atoms with Crippen molar-refractivity contribution in [2.24, 2.45) is 11.7 Å². The fraction of sp³-hybridized carbons (Fsp3) is 0.533. The number of likely N-dealkylation sites (tertiary alicyclic amines) is 1. The van der Waals surface area contributed by atoms with Crippen molar-refractivity contribution >= 4 is 29.9 Å². The highest BCUT2D eigenvalue weighted by molar-refractivity contribution is 6.30. The molecule has 1 amide bonds. The maximum atomic E-state index is 12.0. The number of rotatable bonds is 5. The summed E-state index contributed by atoms with van der Waals surface area (Å²) in [5.41, 5.74) is 6.65. The molecule has 2 rings (SSSR count). The number of carbonyl (C=O) groups excluding carboxylic acids is 1. The maximum absolute atomic E-state index is 12.0. The Balaban J connectivity index is 0.00000220. The summed E-state index contributed by atoms with van der Waals surface area (Å²) in [7, 11) is 0. The third-order valence-electron chi connectivity index (χ3n) is 3.64. The quantitative estimate of drug-likeness (QED) is 0.868. The van der Waals surface area contributed by atoms with Crippen LogP contribution in [0.2, 0.25) is 5.02 Å². The van der Waals surface area contributed by atoms with Crippen LogP contribution in [0, 0.1) is 5.92 Å². The van der Waals surface area contributed by atoms with Crippen LogP contribution in [0.3, 0.4) is 0 Å². The van der Waals surface area contributed by atoms with E-state index in [-0.39, 0.29) is 24.2 Å². The van der Waals surface area contributed by atoms with Gasteiger partial charge < -0.3 is 11.1 Å². The monoisotopic (exact) mass is 331 g/mol. The van der Waals surface area contributed by atoms with Gasteiger partial charge in [0.2, 0.25) is 5.91 Å². The van der Waals surface area contributed by atoms with E-state index in [1.54, 1.807) is 0 Å². The number of nitrogens with two attached hydrogens (primary N) is 1. The van der Waals surface area contributed by atoms with Crippen molar-refractivity contribution in [3.63, 3.8) is 0 Å². The van der Waals surface area contributed by atoms with Gasteiger partial charge in [-0.05, 0) is 37.1 Å². The van der Waals surface area contributed by atoms with Crippen LogP contribution in [0.4, 0.5) is 0 Å². The lowest BCUT2D eigenvalue weighted by atomic mass is 9.96. The molecular weight excluding hydrogens is 309 g/mol. The van der Waals surface area contributed by atoms with Gasteiger partial charge >= 0.3 is 0 Å². The first-order valence-electron chi connectivity index (χ1n) is 7.13. The highest BCUT2D eigenvalue weighted by atomic mass is 35.5. The number of nitrogens with one attached hydrogen (secondary N) is 1. The molecule has 21 heavy (non-hydrogen) atoms. The number of benzene rings is 1. The molecule has 1 fully saturated rings. The Morgan fingerprint density at radius 1 is 1.38 bits per heavy atom. The summed E-state index contributed by atoms with van der Waals surface area (Å²) >= 11 is 5.89. The van der Waals surface area contributed by atoms with E-state index >= 15 is 0 Å². The average Bonchev–Trinajstić information content (AvgIpc) is 2.47. The third kappa shape index (κ3) is 5.83. The fourth-order valence-corrected chi connectivity index (χ4v) is 2.73. The Labute approximate surface area is 137 Å². The summed E-state index contributed by atoms with van der Waals surface area (Å²) < 4.78 is 0. The number of piperidine rings is 1. The second kappa shape index (κ2) is 9.26. The van der Waals surface area contributed by atoms with E-state index in [2.05, 4.69) is 10.2 Å². The Morgan fingerprint density at radius 3 is 2.76 bits per heavy atom. The molecular formula is C15H23Cl2N3O. The van der Waals surface area contributed by atoms with Gasteiger partial charge in [-0.25, -0.2) is 0 Å². The topological polar surface area (TPSA) is 58.4 Å². The molecule has 4 nitrogen and oxygen atoms in total. The van der Waals surface area contributed by atoms with Crippen LogP contribution in [0.1, 0.15) is 18.4 Å². The minimum absolute atomic E-state index is 0. The molecule has 6 heteroatoms. The van der Waals surface area contributed by atoms with Gasteiger partial charge in [0.15, 0.2) is 0 Å². The van der Waals surface area contributed by atoms with Crippen LogP contribution < -0.4 is 11.1 Å². The lowest BCUT2D eigenvalue weighted by molar-refractivity contribution is -0.126. The molecule has 118 valence electrons. The molecule has 1 atom stereocenters. The highest BCUT2D eigenvalue weighted by Gasteiger charge is 2.25. The molecule has 1 aromatic carbocycles. The fourth-order valence-electron chi connectivity index (χ4n) is 2.60. The maximum Gasteiger partial charge on any atom is 0.224 e. The van der Waals surface area contributed by atoms with Gasteiger partial charge in [0, 0.05) is 31.2 Å². The van der Waals surface area contributed by atoms with E-state index in [0.29, 0.717) is 13.1 Å². The third-order valence-corrected chi connectivity index (χ3v) is 3.89. The van der Waals surface area contributed by atoms with Gasteiger partial charge in [-0.15, -0.1) is 12.4 Å². The number of halogens is 2. The van der Waals surface area contributed by atoms with Gasteiger partial charge in [-0.2, -0.15) is 0 Å². The van der Waals surface area contributed by atoms with Crippen LogP contribution >= 0.6 is 24.0 Å². The van der Waals surface area contributed by atoms with Crippen molar-refractivity contribution in [2.45, 2.75) is 19.4 Å². The predicted molar refractivity (Wildman–Crippen MR) is 88.8 cm³/mol. The van der Waals surface area contributed by atoms with Gasteiger partial charge in [-0.3, -0.25) is 9.69 Å². The van der Waals surface area contributed by atoms with Gasteiger partial charge in [0.1, 0.15) is 0 Å². The van der Waals surface area contributed by atoms with Gasteiger partial charge in [0.25, 0.3) is 0 Å². The van der Waals surface area contributed by atoms with Crippen LogP contribution in [-0.2, 0) is 11.3 Å². The molecule has 1 aromatic rings. The highest BCUT2D eigenvalue weighted by Crippen LogP contribution is 2.19. The van der Waals surface area contributed by atoms with Gasteiger partial charge in [-0.1, -0.05) is 23.7 Å². The zero-order valence-electron chi connectivity index (χ0n) is 12.1. The molecule has 0 spiro atoms. The second-order valence-electron chi connectivity index (χ2n) is 5.28. The summed E-state index contributed by atoms with van der Waals surface area (Å²) in [5.74, 6) is 0.221. The van der Waals surface area contributed by atoms with Crippen LogP contribution in [0.5, 0.6) is 0 Å². The van der Waals surface area contributed by atoms with Gasteiger partial charge in [0.05, 0.1) is 5.92 Å². The first kappa shape index (κ1) is 18.2. The van der Waals surface area contributed by atoms with Crippen molar-refractivity contribution < 1.29 is 4.79 Å². The normalized spacial score (nSPS) is 18.9. The van der Waals surface area contributed by atoms with Crippen molar-refractivity contribution in [3.8, 4) is 0 Å². The first-order chi connectivity index (χ1) is 9.69. The van der Waals surface area contributed by atoms with Crippen molar-refractivity contribution in [2.75, 3.05) is 26.2 Å². The van der Waals surface area contributed by atoms with E-state index in [1.165, 1.54) is 5.56 Å². The lowest BCUT2D eigenvalue weighted by Crippen LogP contribution is -2.43. The largest absolute Gasteiger partial charge is 0.355 e. The summed E-state index contributed by atoms with van der Waals surface area (Å²) in [6, 6.07) is 7.90. The Morgan fingerprint density at radius 2 is 2.10 bits per heavy atom. The summed E-state index contributed by atoms with van der Waals surface area (Å²) in [6.45, 7) is 3.79. The molecule has 1 aliphatic rings. The van der Waals surface area contributed by atoms with Crippen LogP contribution in [-0.4, -0.2) is 37.0 Å². The second-order valence-corrected chi connectivity index (χ2v) is 5.72. The standard InChI is InChI=1S/C15H22ClN3O.ClH/c16-14-5-3-12(4-6-14)10-19-9-1-2-13(11-19)15(20)18-8-7-17;/h3-6,13H,1-2,7-11,17H2,(H,18,20);1H. The molecule has 0 bridgehead atoms. The molecule has 1 heterocycles. The van der Waals surface area contributed by atoms with E-state index in [9.17, 15) is 4.79 Å².